The summed E-state index contributed by atoms with van der Waals surface area (Å²) in [5.41, 5.74) is -0.0327. The maximum atomic E-state index is 10.7. The minimum Gasteiger partial charge on any atom is -0.495 e. The Morgan fingerprint density at radius 2 is 2.25 bits per heavy atom. The first-order chi connectivity index (χ1) is 9.56. The van der Waals surface area contributed by atoms with Crippen LogP contribution in [0.25, 0.3) is 0 Å². The summed E-state index contributed by atoms with van der Waals surface area (Å²) in [7, 11) is 1.45. The Kier molecular flexibility index (Phi) is 4.08. The number of methoxy groups -OCH3 is 1. The molecule has 0 aliphatic carbocycles. The molecule has 1 aromatic carbocycles. The van der Waals surface area contributed by atoms with E-state index in [0.29, 0.717) is 28.0 Å². The topological polar surface area (TPSA) is 109 Å². The summed E-state index contributed by atoms with van der Waals surface area (Å²) in [5.74, 6) is 6.91. The molecule has 8 nitrogen and oxygen atoms in total. The molecule has 0 radical (unpaired) electrons. The zero-order valence-corrected chi connectivity index (χ0v) is 11.8. The van der Waals surface area contributed by atoms with Crippen molar-refractivity contribution in [2.45, 2.75) is 23.4 Å². The predicted molar refractivity (Wildman–Crippen MR) is 73.3 cm³/mol. The van der Waals surface area contributed by atoms with Gasteiger partial charge < -0.3 is 10.6 Å². The number of hydrogen-bond acceptors (Lipinski definition) is 7. The molecule has 2 N–H and O–H groups in total. The Morgan fingerprint density at radius 3 is 2.80 bits per heavy atom. The number of benzene rings is 1. The normalized spacial score (nSPS) is 10.5. The molecular formula is C11H13N5O3S. The average molecular weight is 295 g/mol. The molecule has 0 saturated heterocycles. The number of nitrogens with zero attached hydrogens (tertiary/aromatic N) is 4. The molecule has 1 aromatic heterocycles. The number of non-ortho nitro benzene ring substituents is 1. The van der Waals surface area contributed by atoms with Crippen LogP contribution in [0.3, 0.4) is 0 Å². The fourth-order valence-corrected chi connectivity index (χ4v) is 2.43. The summed E-state index contributed by atoms with van der Waals surface area (Å²) in [6.45, 7) is 1.92. The van der Waals surface area contributed by atoms with Crippen LogP contribution in [0.2, 0.25) is 0 Å². The standard InChI is InChI=1S/C11H13N5O3S/c1-3-10-13-14-11(15(10)12)20-9-5-4-7(16(17)18)6-8(9)19-2/h4-6H,3,12H2,1-2H3. The summed E-state index contributed by atoms with van der Waals surface area (Å²) >= 11 is 1.24. The molecule has 9 heteroatoms. The van der Waals surface area contributed by atoms with Crippen LogP contribution in [0.4, 0.5) is 5.69 Å². The number of aryl methyl sites for hydroxylation is 1. The molecule has 0 amide bonds. The molecular weight excluding hydrogens is 282 g/mol. The van der Waals surface area contributed by atoms with Crippen molar-refractivity contribution >= 4 is 17.4 Å². The third kappa shape index (κ3) is 2.67. The van der Waals surface area contributed by atoms with E-state index >= 15 is 0 Å². The van der Waals surface area contributed by atoms with Gasteiger partial charge in [0.05, 0.1) is 23.0 Å². The highest BCUT2D eigenvalue weighted by Crippen LogP contribution is 2.35. The van der Waals surface area contributed by atoms with Crippen LogP contribution in [-0.2, 0) is 6.42 Å². The number of nitrogen functional groups attached to an aromatic ring is 1. The van der Waals surface area contributed by atoms with Crippen molar-refractivity contribution in [1.82, 2.24) is 14.9 Å². The maximum absolute atomic E-state index is 10.7. The number of ether oxygens (including phenoxy) is 1. The summed E-state index contributed by atoms with van der Waals surface area (Å²) in [6, 6.07) is 4.37. The first-order valence-electron chi connectivity index (χ1n) is 5.76. The highest BCUT2D eigenvalue weighted by Gasteiger charge is 2.16. The second kappa shape index (κ2) is 5.78. The van der Waals surface area contributed by atoms with Gasteiger partial charge in [-0.05, 0) is 17.8 Å². The van der Waals surface area contributed by atoms with Crippen LogP contribution in [0.5, 0.6) is 5.75 Å². The Bertz CT molecular complexity index is 643. The highest BCUT2D eigenvalue weighted by molar-refractivity contribution is 7.99. The molecule has 0 atom stereocenters. The monoisotopic (exact) mass is 295 g/mol. The van der Waals surface area contributed by atoms with E-state index in [-0.39, 0.29) is 5.69 Å². The van der Waals surface area contributed by atoms with E-state index in [2.05, 4.69) is 10.2 Å². The van der Waals surface area contributed by atoms with Crippen LogP contribution < -0.4 is 10.6 Å². The van der Waals surface area contributed by atoms with Crippen LogP contribution in [0.15, 0.2) is 28.3 Å². The van der Waals surface area contributed by atoms with E-state index in [1.54, 1.807) is 6.07 Å². The number of nitro groups is 1. The van der Waals surface area contributed by atoms with Crippen LogP contribution >= 0.6 is 11.8 Å². The highest BCUT2D eigenvalue weighted by atomic mass is 32.2. The van der Waals surface area contributed by atoms with Gasteiger partial charge in [0, 0.05) is 12.5 Å². The quantitative estimate of drug-likeness (QED) is 0.507. The van der Waals surface area contributed by atoms with Crippen molar-refractivity contribution in [3.63, 3.8) is 0 Å². The van der Waals surface area contributed by atoms with Gasteiger partial charge in [-0.25, -0.2) is 4.68 Å². The first-order valence-corrected chi connectivity index (χ1v) is 6.58. The summed E-state index contributed by atoms with van der Waals surface area (Å²) in [4.78, 5) is 10.9. The van der Waals surface area contributed by atoms with E-state index in [4.69, 9.17) is 10.6 Å². The van der Waals surface area contributed by atoms with E-state index in [1.807, 2.05) is 6.92 Å². The fourth-order valence-electron chi connectivity index (χ4n) is 1.57. The van der Waals surface area contributed by atoms with Gasteiger partial charge in [0.25, 0.3) is 5.69 Å². The maximum Gasteiger partial charge on any atom is 0.273 e. The smallest absolute Gasteiger partial charge is 0.273 e. The SMILES string of the molecule is CCc1nnc(Sc2ccc([N+](=O)[O-])cc2OC)n1N. The molecule has 106 valence electrons. The Labute approximate surface area is 119 Å². The van der Waals surface area contributed by atoms with Crippen LogP contribution in [0.1, 0.15) is 12.7 Å². The lowest BCUT2D eigenvalue weighted by molar-refractivity contribution is -0.385. The summed E-state index contributed by atoms with van der Waals surface area (Å²) < 4.78 is 6.55. The van der Waals surface area contributed by atoms with E-state index in [0.717, 1.165) is 0 Å². The Hall–Kier alpha value is -2.29. The van der Waals surface area contributed by atoms with Crippen molar-refractivity contribution in [3.8, 4) is 5.75 Å². The number of rotatable bonds is 5. The van der Waals surface area contributed by atoms with E-state index in [1.165, 1.54) is 35.7 Å². The van der Waals surface area contributed by atoms with Crippen LogP contribution in [-0.4, -0.2) is 26.9 Å². The largest absolute Gasteiger partial charge is 0.495 e. The second-order valence-electron chi connectivity index (χ2n) is 3.82. The summed E-state index contributed by atoms with van der Waals surface area (Å²) in [6.07, 6.45) is 0.668. The molecule has 0 saturated carbocycles. The zero-order chi connectivity index (χ0) is 14.7. The molecule has 0 fully saturated rings. The molecule has 0 bridgehead atoms. The molecule has 0 spiro atoms. The predicted octanol–water partition coefficient (Wildman–Crippen LogP) is 1.62. The number of nitro benzene ring substituents is 1. The number of nitrogens with two attached hydrogens (primary N) is 1. The molecule has 2 aromatic rings. The third-order valence-electron chi connectivity index (χ3n) is 2.61. The van der Waals surface area contributed by atoms with Gasteiger partial charge in [-0.3, -0.25) is 10.1 Å². The van der Waals surface area contributed by atoms with Crippen molar-refractivity contribution in [3.05, 3.63) is 34.1 Å². The van der Waals surface area contributed by atoms with E-state index < -0.39 is 4.92 Å². The van der Waals surface area contributed by atoms with Gasteiger partial charge in [-0.15, -0.1) is 10.2 Å². The van der Waals surface area contributed by atoms with Gasteiger partial charge in [0.1, 0.15) is 5.75 Å². The number of aromatic nitrogens is 3. The molecule has 0 aliphatic heterocycles. The Balaban J connectivity index is 2.33. The molecule has 0 unspecified atom stereocenters. The lowest BCUT2D eigenvalue weighted by Gasteiger charge is -2.07. The fraction of sp³-hybridized carbons (Fsp3) is 0.273. The summed E-state index contributed by atoms with van der Waals surface area (Å²) in [5, 5.41) is 19.2. The third-order valence-corrected chi connectivity index (χ3v) is 3.63. The average Bonchev–Trinajstić information content (AvgIpc) is 2.79. The number of hydrogen-bond donors (Lipinski definition) is 1. The minimum absolute atomic E-state index is 0.0327. The lowest BCUT2D eigenvalue weighted by Crippen LogP contribution is -2.13. The lowest BCUT2D eigenvalue weighted by atomic mass is 10.3. The van der Waals surface area contributed by atoms with Crippen molar-refractivity contribution < 1.29 is 9.66 Å². The van der Waals surface area contributed by atoms with Crippen LogP contribution in [0, 0.1) is 10.1 Å². The molecule has 20 heavy (non-hydrogen) atoms. The van der Waals surface area contributed by atoms with Gasteiger partial charge in [-0.2, -0.15) is 0 Å². The van der Waals surface area contributed by atoms with Crippen molar-refractivity contribution in [1.29, 1.82) is 0 Å². The Morgan fingerprint density at radius 1 is 1.50 bits per heavy atom. The van der Waals surface area contributed by atoms with Gasteiger partial charge in [-0.1, -0.05) is 6.92 Å². The molecule has 0 aliphatic rings. The molecule has 1 heterocycles. The van der Waals surface area contributed by atoms with Gasteiger partial charge >= 0.3 is 0 Å². The van der Waals surface area contributed by atoms with Crippen molar-refractivity contribution in [2.24, 2.45) is 0 Å². The van der Waals surface area contributed by atoms with Crippen molar-refractivity contribution in [2.75, 3.05) is 13.0 Å². The zero-order valence-electron chi connectivity index (χ0n) is 10.9. The second-order valence-corrected chi connectivity index (χ2v) is 4.83. The van der Waals surface area contributed by atoms with Gasteiger partial charge in [0.2, 0.25) is 5.16 Å². The molecule has 2 rings (SSSR count). The minimum atomic E-state index is -0.475. The van der Waals surface area contributed by atoms with E-state index in [9.17, 15) is 10.1 Å². The van der Waals surface area contributed by atoms with Gasteiger partial charge in [0.15, 0.2) is 5.82 Å². The first kappa shape index (κ1) is 14.1.